The van der Waals surface area contributed by atoms with Crippen LogP contribution in [0.2, 0.25) is 0 Å². The van der Waals surface area contributed by atoms with Gasteiger partial charge in [-0.3, -0.25) is 0 Å². The minimum absolute atomic E-state index is 0.621. The van der Waals surface area contributed by atoms with Crippen LogP contribution in [0.1, 0.15) is 19.2 Å². The summed E-state index contributed by atoms with van der Waals surface area (Å²) in [5.41, 5.74) is 2.29. The highest BCUT2D eigenvalue weighted by Gasteiger charge is 2.23. The molecule has 0 aliphatic carbocycles. The third kappa shape index (κ3) is 3.27. The van der Waals surface area contributed by atoms with E-state index in [4.69, 9.17) is 16.6 Å². The molecule has 1 fully saturated rings. The molecular formula is C16H21BrClN3. The Balaban J connectivity index is 1.90. The maximum Gasteiger partial charge on any atom is 0.111 e. The van der Waals surface area contributed by atoms with E-state index in [-0.39, 0.29) is 0 Å². The Bertz CT molecular complexity index is 625. The van der Waals surface area contributed by atoms with Crippen molar-refractivity contribution >= 4 is 38.6 Å². The Hall–Kier alpha value is -0.580. The van der Waals surface area contributed by atoms with E-state index in [0.29, 0.717) is 5.88 Å². The van der Waals surface area contributed by atoms with Crippen LogP contribution in [0, 0.1) is 5.92 Å². The highest BCUT2D eigenvalue weighted by molar-refractivity contribution is 9.10. The second kappa shape index (κ2) is 6.67. The number of halogens is 2. The SMILES string of the molecule is CCN1CCC(Cn2c(CCCl)nc3cc(Br)ccc32)C1. The van der Waals surface area contributed by atoms with Crippen molar-refractivity contribution in [2.24, 2.45) is 5.92 Å². The molecule has 1 aliphatic heterocycles. The van der Waals surface area contributed by atoms with Gasteiger partial charge in [0.2, 0.25) is 0 Å². The number of nitrogens with zero attached hydrogens (tertiary/aromatic N) is 3. The van der Waals surface area contributed by atoms with E-state index in [9.17, 15) is 0 Å². The van der Waals surface area contributed by atoms with Crippen LogP contribution in [-0.2, 0) is 13.0 Å². The molecule has 0 amide bonds. The summed E-state index contributed by atoms with van der Waals surface area (Å²) >= 11 is 9.49. The van der Waals surface area contributed by atoms with Gasteiger partial charge in [0, 0.05) is 29.9 Å². The molecule has 3 nitrogen and oxygen atoms in total. The molecule has 1 aliphatic rings. The lowest BCUT2D eigenvalue weighted by Gasteiger charge is -2.15. The third-order valence-electron chi connectivity index (χ3n) is 4.37. The molecule has 21 heavy (non-hydrogen) atoms. The van der Waals surface area contributed by atoms with Crippen LogP contribution in [-0.4, -0.2) is 40.0 Å². The molecule has 3 rings (SSSR count). The highest BCUT2D eigenvalue weighted by atomic mass is 79.9. The van der Waals surface area contributed by atoms with Crippen molar-refractivity contribution in [1.29, 1.82) is 0 Å². The van der Waals surface area contributed by atoms with Crippen molar-refractivity contribution in [3.63, 3.8) is 0 Å². The van der Waals surface area contributed by atoms with E-state index in [1.165, 1.54) is 25.0 Å². The fourth-order valence-corrected chi connectivity index (χ4v) is 3.76. The second-order valence-electron chi connectivity index (χ2n) is 5.76. The van der Waals surface area contributed by atoms with Crippen LogP contribution in [0.5, 0.6) is 0 Å². The summed E-state index contributed by atoms with van der Waals surface area (Å²) in [4.78, 5) is 7.31. The molecule has 0 N–H and O–H groups in total. The minimum atomic E-state index is 0.621. The number of aromatic nitrogens is 2. The predicted octanol–water partition coefficient (Wildman–Crippen LogP) is 3.92. The summed E-state index contributed by atoms with van der Waals surface area (Å²) in [6.07, 6.45) is 2.11. The number of fused-ring (bicyclic) bond motifs is 1. The first-order chi connectivity index (χ1) is 10.2. The van der Waals surface area contributed by atoms with Crippen LogP contribution in [0.4, 0.5) is 0 Å². The summed E-state index contributed by atoms with van der Waals surface area (Å²) in [6.45, 7) is 6.88. The average Bonchev–Trinajstić information content (AvgIpc) is 3.05. The summed E-state index contributed by atoms with van der Waals surface area (Å²) in [5, 5.41) is 0. The minimum Gasteiger partial charge on any atom is -0.328 e. The van der Waals surface area contributed by atoms with E-state index in [2.05, 4.69) is 50.5 Å². The average molecular weight is 371 g/mol. The first kappa shape index (κ1) is 15.3. The quantitative estimate of drug-likeness (QED) is 0.744. The maximum atomic E-state index is 5.96. The third-order valence-corrected chi connectivity index (χ3v) is 5.05. The number of aryl methyl sites for hydroxylation is 1. The van der Waals surface area contributed by atoms with Crippen molar-refractivity contribution in [2.45, 2.75) is 26.3 Å². The highest BCUT2D eigenvalue weighted by Crippen LogP contribution is 2.25. The molecule has 1 aromatic heterocycles. The Morgan fingerprint density at radius 3 is 3.00 bits per heavy atom. The van der Waals surface area contributed by atoms with Gasteiger partial charge < -0.3 is 9.47 Å². The van der Waals surface area contributed by atoms with E-state index >= 15 is 0 Å². The Kier molecular flexibility index (Phi) is 4.87. The molecule has 0 bridgehead atoms. The standard InChI is InChI=1S/C16H21BrClN3/c1-2-20-8-6-12(10-20)11-21-15-4-3-13(17)9-14(15)19-16(21)5-7-18/h3-4,9,12H,2,5-8,10-11H2,1H3. The lowest BCUT2D eigenvalue weighted by Crippen LogP contribution is -2.21. The first-order valence-electron chi connectivity index (χ1n) is 7.64. The topological polar surface area (TPSA) is 21.1 Å². The normalized spacial score (nSPS) is 19.7. The van der Waals surface area contributed by atoms with Gasteiger partial charge in [0.05, 0.1) is 11.0 Å². The summed E-state index contributed by atoms with van der Waals surface area (Å²) in [7, 11) is 0. The van der Waals surface area contributed by atoms with Crippen molar-refractivity contribution in [1.82, 2.24) is 14.5 Å². The molecule has 0 radical (unpaired) electrons. The number of benzene rings is 1. The number of rotatable bonds is 5. The number of hydrogen-bond donors (Lipinski definition) is 0. The number of likely N-dealkylation sites (tertiary alicyclic amines) is 1. The molecule has 1 atom stereocenters. The van der Waals surface area contributed by atoms with Gasteiger partial charge in [-0.05, 0) is 43.6 Å². The zero-order valence-electron chi connectivity index (χ0n) is 12.4. The van der Waals surface area contributed by atoms with Crippen molar-refractivity contribution in [3.05, 3.63) is 28.5 Å². The van der Waals surface area contributed by atoms with Gasteiger partial charge in [0.25, 0.3) is 0 Å². The second-order valence-corrected chi connectivity index (χ2v) is 7.05. The molecule has 0 saturated carbocycles. The largest absolute Gasteiger partial charge is 0.328 e. The summed E-state index contributed by atoms with van der Waals surface area (Å²) < 4.78 is 3.46. The molecular weight excluding hydrogens is 350 g/mol. The van der Waals surface area contributed by atoms with Gasteiger partial charge >= 0.3 is 0 Å². The van der Waals surface area contributed by atoms with Gasteiger partial charge in [0.1, 0.15) is 5.82 Å². The van der Waals surface area contributed by atoms with E-state index in [1.807, 2.05) is 0 Å². The molecule has 2 aromatic rings. The van der Waals surface area contributed by atoms with Crippen LogP contribution in [0.15, 0.2) is 22.7 Å². The monoisotopic (exact) mass is 369 g/mol. The Morgan fingerprint density at radius 2 is 2.29 bits per heavy atom. The van der Waals surface area contributed by atoms with E-state index in [1.54, 1.807) is 0 Å². The zero-order valence-corrected chi connectivity index (χ0v) is 14.7. The number of hydrogen-bond acceptors (Lipinski definition) is 2. The molecule has 1 aromatic carbocycles. The molecule has 2 heterocycles. The summed E-state index contributed by atoms with van der Waals surface area (Å²) in [5.74, 6) is 2.46. The van der Waals surface area contributed by atoms with Crippen molar-refractivity contribution in [2.75, 3.05) is 25.5 Å². The van der Waals surface area contributed by atoms with Crippen LogP contribution >= 0.6 is 27.5 Å². The van der Waals surface area contributed by atoms with Gasteiger partial charge in [0.15, 0.2) is 0 Å². The maximum absolute atomic E-state index is 5.96. The van der Waals surface area contributed by atoms with Crippen LogP contribution < -0.4 is 0 Å². The van der Waals surface area contributed by atoms with Crippen molar-refractivity contribution < 1.29 is 0 Å². The zero-order chi connectivity index (χ0) is 14.8. The van der Waals surface area contributed by atoms with Crippen LogP contribution in [0.3, 0.4) is 0 Å². The Labute approximate surface area is 139 Å². The molecule has 0 spiro atoms. The fraction of sp³-hybridized carbons (Fsp3) is 0.562. The lowest BCUT2D eigenvalue weighted by molar-refractivity contribution is 0.332. The van der Waals surface area contributed by atoms with E-state index in [0.717, 1.165) is 41.2 Å². The molecule has 114 valence electrons. The van der Waals surface area contributed by atoms with Crippen molar-refractivity contribution in [3.8, 4) is 0 Å². The predicted molar refractivity (Wildman–Crippen MR) is 92.1 cm³/mol. The smallest absolute Gasteiger partial charge is 0.111 e. The molecule has 5 heteroatoms. The number of imidazole rings is 1. The van der Waals surface area contributed by atoms with E-state index < -0.39 is 0 Å². The first-order valence-corrected chi connectivity index (χ1v) is 8.97. The van der Waals surface area contributed by atoms with Gasteiger partial charge in [-0.25, -0.2) is 4.98 Å². The summed E-state index contributed by atoms with van der Waals surface area (Å²) in [6, 6.07) is 6.35. The lowest BCUT2D eigenvalue weighted by atomic mass is 10.1. The number of alkyl halides is 1. The molecule has 1 unspecified atom stereocenters. The fourth-order valence-electron chi connectivity index (χ4n) is 3.24. The van der Waals surface area contributed by atoms with Crippen LogP contribution in [0.25, 0.3) is 11.0 Å². The molecule has 1 saturated heterocycles. The van der Waals surface area contributed by atoms with Gasteiger partial charge in [-0.2, -0.15) is 0 Å². The van der Waals surface area contributed by atoms with Gasteiger partial charge in [-0.15, -0.1) is 11.6 Å². The van der Waals surface area contributed by atoms with Gasteiger partial charge in [-0.1, -0.05) is 22.9 Å². The Morgan fingerprint density at radius 1 is 1.43 bits per heavy atom.